The minimum absolute atomic E-state index is 0.154. The van der Waals surface area contributed by atoms with E-state index < -0.39 is 10.0 Å². The fourth-order valence-corrected chi connectivity index (χ4v) is 2.90. The lowest BCUT2D eigenvalue weighted by atomic mass is 10.3. The van der Waals surface area contributed by atoms with Crippen molar-refractivity contribution in [3.63, 3.8) is 0 Å². The molecule has 1 heterocycles. The van der Waals surface area contributed by atoms with E-state index in [-0.39, 0.29) is 11.6 Å². The molecule has 0 fully saturated rings. The summed E-state index contributed by atoms with van der Waals surface area (Å²) < 4.78 is 32.2. The van der Waals surface area contributed by atoms with Crippen molar-refractivity contribution in [3.05, 3.63) is 46.6 Å². The first kappa shape index (κ1) is 13.1. The monoisotopic (exact) mass is 330 g/mol. The maximum absolute atomic E-state index is 12.0. The van der Waals surface area contributed by atoms with Gasteiger partial charge >= 0.3 is 0 Å². The van der Waals surface area contributed by atoms with Gasteiger partial charge in [-0.05, 0) is 40.2 Å². The second-order valence-electron chi connectivity index (χ2n) is 3.51. The van der Waals surface area contributed by atoms with Gasteiger partial charge < -0.3 is 10.2 Å². The van der Waals surface area contributed by atoms with Crippen molar-refractivity contribution in [3.8, 4) is 0 Å². The number of halogens is 1. The van der Waals surface area contributed by atoms with E-state index in [2.05, 4.69) is 20.7 Å². The average Bonchev–Trinajstić information content (AvgIpc) is 2.81. The smallest absolute Gasteiger partial charge is 0.295 e. The molecule has 18 heavy (non-hydrogen) atoms. The fourth-order valence-electron chi connectivity index (χ4n) is 1.35. The van der Waals surface area contributed by atoms with Gasteiger partial charge in [-0.25, -0.2) is 0 Å². The molecule has 2 rings (SSSR count). The highest BCUT2D eigenvalue weighted by Crippen LogP contribution is 2.25. The SMILES string of the molecule is NCc1ccc(S(=O)(=O)Nc2ccccc2Br)o1. The van der Waals surface area contributed by atoms with E-state index in [0.717, 1.165) is 0 Å². The topological polar surface area (TPSA) is 85.3 Å². The van der Waals surface area contributed by atoms with Crippen LogP contribution in [0, 0.1) is 0 Å². The van der Waals surface area contributed by atoms with Gasteiger partial charge in [-0.1, -0.05) is 12.1 Å². The largest absolute Gasteiger partial charge is 0.446 e. The molecule has 0 aliphatic heterocycles. The van der Waals surface area contributed by atoms with Crippen LogP contribution in [-0.2, 0) is 16.6 Å². The summed E-state index contributed by atoms with van der Waals surface area (Å²) in [5.41, 5.74) is 5.81. The van der Waals surface area contributed by atoms with Crippen molar-refractivity contribution in [1.82, 2.24) is 0 Å². The molecule has 7 heteroatoms. The lowest BCUT2D eigenvalue weighted by Gasteiger charge is -2.07. The van der Waals surface area contributed by atoms with E-state index in [4.69, 9.17) is 10.2 Å². The normalized spacial score (nSPS) is 11.4. The Balaban J connectivity index is 2.30. The molecule has 1 aromatic carbocycles. The Bertz CT molecular complexity index is 652. The van der Waals surface area contributed by atoms with Gasteiger partial charge in [0.1, 0.15) is 5.76 Å². The summed E-state index contributed by atoms with van der Waals surface area (Å²) in [5.74, 6) is 0.419. The van der Waals surface area contributed by atoms with E-state index in [0.29, 0.717) is 15.9 Å². The van der Waals surface area contributed by atoms with Crippen molar-refractivity contribution in [2.75, 3.05) is 4.72 Å². The lowest BCUT2D eigenvalue weighted by Crippen LogP contribution is -2.12. The predicted octanol–water partition coefficient (Wildman–Crippen LogP) is 2.30. The molecule has 0 atom stereocenters. The van der Waals surface area contributed by atoms with Crippen LogP contribution in [0.5, 0.6) is 0 Å². The van der Waals surface area contributed by atoms with Gasteiger partial charge in [0.05, 0.1) is 12.2 Å². The van der Waals surface area contributed by atoms with Crippen LogP contribution >= 0.6 is 15.9 Å². The van der Waals surface area contributed by atoms with Crippen molar-refractivity contribution in [1.29, 1.82) is 0 Å². The number of nitrogens with two attached hydrogens (primary N) is 1. The van der Waals surface area contributed by atoms with E-state index in [9.17, 15) is 8.42 Å². The van der Waals surface area contributed by atoms with Crippen molar-refractivity contribution in [2.45, 2.75) is 11.6 Å². The van der Waals surface area contributed by atoms with Gasteiger partial charge in [0.25, 0.3) is 10.0 Å². The molecule has 96 valence electrons. The van der Waals surface area contributed by atoms with Gasteiger partial charge in [0.2, 0.25) is 5.09 Å². The molecule has 0 aliphatic rings. The highest BCUT2D eigenvalue weighted by Gasteiger charge is 2.19. The van der Waals surface area contributed by atoms with Gasteiger partial charge in [-0.2, -0.15) is 8.42 Å². The number of rotatable bonds is 4. The third kappa shape index (κ3) is 2.74. The summed E-state index contributed by atoms with van der Waals surface area (Å²) in [6, 6.07) is 9.83. The number of nitrogens with one attached hydrogen (secondary N) is 1. The lowest BCUT2D eigenvalue weighted by molar-refractivity contribution is 0.417. The molecule has 5 nitrogen and oxygen atoms in total. The summed E-state index contributed by atoms with van der Waals surface area (Å²) in [6.45, 7) is 0.157. The summed E-state index contributed by atoms with van der Waals surface area (Å²) in [4.78, 5) is 0. The van der Waals surface area contributed by atoms with Gasteiger partial charge in [0, 0.05) is 4.47 Å². The average molecular weight is 331 g/mol. The van der Waals surface area contributed by atoms with E-state index in [1.165, 1.54) is 12.1 Å². The second-order valence-corrected chi connectivity index (χ2v) is 5.98. The number of hydrogen-bond acceptors (Lipinski definition) is 4. The molecule has 1 aromatic heterocycles. The summed E-state index contributed by atoms with van der Waals surface area (Å²) in [6.07, 6.45) is 0. The number of furan rings is 1. The molecule has 0 spiro atoms. The Morgan fingerprint density at radius 1 is 1.22 bits per heavy atom. The minimum atomic E-state index is -3.73. The molecule has 0 saturated carbocycles. The molecule has 3 N–H and O–H groups in total. The molecular weight excluding hydrogens is 320 g/mol. The van der Waals surface area contributed by atoms with Crippen molar-refractivity contribution < 1.29 is 12.8 Å². The highest BCUT2D eigenvalue weighted by atomic mass is 79.9. The van der Waals surface area contributed by atoms with Crippen LogP contribution in [0.15, 0.2) is 50.4 Å². The third-order valence-corrected chi connectivity index (χ3v) is 4.15. The van der Waals surface area contributed by atoms with E-state index >= 15 is 0 Å². The van der Waals surface area contributed by atoms with Gasteiger partial charge in [-0.15, -0.1) is 0 Å². The van der Waals surface area contributed by atoms with Crippen LogP contribution in [0.3, 0.4) is 0 Å². The molecule has 0 radical (unpaired) electrons. The maximum Gasteiger partial charge on any atom is 0.295 e. The number of benzene rings is 1. The first-order valence-electron chi connectivity index (χ1n) is 5.09. The molecule has 0 saturated heterocycles. The Hall–Kier alpha value is -1.31. The first-order chi connectivity index (χ1) is 8.53. The zero-order valence-electron chi connectivity index (χ0n) is 9.26. The highest BCUT2D eigenvalue weighted by molar-refractivity contribution is 9.10. The van der Waals surface area contributed by atoms with Crippen LogP contribution in [0.25, 0.3) is 0 Å². The van der Waals surface area contributed by atoms with Crippen molar-refractivity contribution in [2.24, 2.45) is 5.73 Å². The first-order valence-corrected chi connectivity index (χ1v) is 7.36. The molecule has 0 unspecified atom stereocenters. The van der Waals surface area contributed by atoms with Crippen LogP contribution in [0.1, 0.15) is 5.76 Å². The molecule has 0 aliphatic carbocycles. The second kappa shape index (κ2) is 5.13. The molecule has 0 amide bonds. The Labute approximate surface area is 113 Å². The van der Waals surface area contributed by atoms with Gasteiger partial charge in [-0.3, -0.25) is 4.72 Å². The Morgan fingerprint density at radius 2 is 1.94 bits per heavy atom. The van der Waals surface area contributed by atoms with Gasteiger partial charge in [0.15, 0.2) is 0 Å². The Kier molecular flexibility index (Phi) is 3.74. The summed E-state index contributed by atoms with van der Waals surface area (Å²) in [5, 5.41) is -0.154. The zero-order valence-corrected chi connectivity index (χ0v) is 11.7. The molecular formula is C11H11BrN2O3S. The fraction of sp³-hybridized carbons (Fsp3) is 0.0909. The number of para-hydroxylation sites is 1. The summed E-state index contributed by atoms with van der Waals surface area (Å²) in [7, 11) is -3.73. The van der Waals surface area contributed by atoms with Crippen LogP contribution in [0.2, 0.25) is 0 Å². The third-order valence-electron chi connectivity index (χ3n) is 2.22. The predicted molar refractivity (Wildman–Crippen MR) is 71.5 cm³/mol. The molecule has 2 aromatic rings. The standard InChI is InChI=1S/C11H11BrN2O3S/c12-9-3-1-2-4-10(9)14-18(15,16)11-6-5-8(7-13)17-11/h1-6,14H,7,13H2. The number of hydrogen-bond donors (Lipinski definition) is 2. The number of anilines is 1. The van der Waals surface area contributed by atoms with Crippen LogP contribution < -0.4 is 10.5 Å². The quantitative estimate of drug-likeness (QED) is 0.900. The van der Waals surface area contributed by atoms with E-state index in [1.54, 1.807) is 24.3 Å². The molecule has 0 bridgehead atoms. The van der Waals surface area contributed by atoms with Crippen LogP contribution in [0.4, 0.5) is 5.69 Å². The summed E-state index contributed by atoms with van der Waals surface area (Å²) >= 11 is 3.26. The van der Waals surface area contributed by atoms with Crippen LogP contribution in [-0.4, -0.2) is 8.42 Å². The minimum Gasteiger partial charge on any atom is -0.446 e. The van der Waals surface area contributed by atoms with E-state index in [1.807, 2.05) is 0 Å². The maximum atomic E-state index is 12.0. The zero-order chi connectivity index (χ0) is 13.2. The van der Waals surface area contributed by atoms with Crippen molar-refractivity contribution >= 4 is 31.6 Å². The number of sulfonamides is 1. The Morgan fingerprint density at radius 3 is 2.56 bits per heavy atom.